The number of nitrogens with zero attached hydrogens (tertiary/aromatic N) is 2. The van der Waals surface area contributed by atoms with E-state index in [0.717, 1.165) is 12.8 Å². The number of nitrogen functional groups attached to an aromatic ring is 1. The van der Waals surface area contributed by atoms with Crippen molar-refractivity contribution >= 4 is 61.6 Å². The maximum atomic E-state index is 13.0. The van der Waals surface area contributed by atoms with Gasteiger partial charge in [-0.1, -0.05) is 11.6 Å². The van der Waals surface area contributed by atoms with Crippen molar-refractivity contribution in [1.29, 1.82) is 0 Å². The minimum Gasteiger partial charge on any atom is -0.477 e. The number of aromatic carboxylic acids is 1. The normalized spacial score (nSPS) is 19.1. The Kier molecular flexibility index (Phi) is 7.28. The summed E-state index contributed by atoms with van der Waals surface area (Å²) >= 11 is 6.82. The van der Waals surface area contributed by atoms with Crippen LogP contribution in [0.3, 0.4) is 0 Å². The Morgan fingerprint density at radius 3 is 2.51 bits per heavy atom. The van der Waals surface area contributed by atoms with Crippen molar-refractivity contribution in [2.45, 2.75) is 43.9 Å². The zero-order chi connectivity index (χ0) is 27.4. The molecule has 14 nitrogen and oxygen atoms in total. The monoisotopic (exact) mass is 577 g/mol. The van der Waals surface area contributed by atoms with E-state index in [1.807, 2.05) is 0 Å². The summed E-state index contributed by atoms with van der Waals surface area (Å²) in [5, 5.41) is 12.2. The molecule has 0 spiro atoms. The van der Waals surface area contributed by atoms with Crippen molar-refractivity contribution in [3.8, 4) is 0 Å². The van der Waals surface area contributed by atoms with Crippen molar-refractivity contribution in [2.75, 3.05) is 23.7 Å². The van der Waals surface area contributed by atoms with Crippen LogP contribution in [-0.2, 0) is 13.9 Å². The molecule has 3 atom stereocenters. The first kappa shape index (κ1) is 27.3. The lowest BCUT2D eigenvalue weighted by atomic mass is 10.0. The number of ether oxygens (including phenoxy) is 1. The van der Waals surface area contributed by atoms with Crippen LogP contribution in [0.25, 0.3) is 10.9 Å². The van der Waals surface area contributed by atoms with Gasteiger partial charge in [0, 0.05) is 25.3 Å². The van der Waals surface area contributed by atoms with Crippen LogP contribution >= 0.6 is 27.2 Å². The molecule has 2 aromatic rings. The second-order valence-electron chi connectivity index (χ2n) is 8.94. The van der Waals surface area contributed by atoms with Crippen molar-refractivity contribution in [3.05, 3.63) is 32.6 Å². The van der Waals surface area contributed by atoms with Crippen LogP contribution in [-0.4, -0.2) is 61.1 Å². The summed E-state index contributed by atoms with van der Waals surface area (Å²) in [7, 11) is -8.67. The van der Waals surface area contributed by atoms with Crippen LogP contribution in [0.4, 0.5) is 16.2 Å². The van der Waals surface area contributed by atoms with Gasteiger partial charge in [0.1, 0.15) is 5.56 Å². The van der Waals surface area contributed by atoms with Crippen molar-refractivity contribution in [3.63, 3.8) is 0 Å². The molecule has 1 aromatic heterocycles. The van der Waals surface area contributed by atoms with Crippen LogP contribution in [0.15, 0.2) is 11.0 Å². The summed E-state index contributed by atoms with van der Waals surface area (Å²) in [6.45, 7) is 2.18. The number of rotatable bonds is 7. The molecule has 1 aliphatic heterocycles. The Bertz CT molecular complexity index is 1440. The molecular formula is C20H24ClN4O10P2+. The summed E-state index contributed by atoms with van der Waals surface area (Å²) in [5.41, 5.74) is 4.06. The topological polar surface area (TPSA) is 222 Å². The number of carbonyl (C=O) groups is 2. The third-order valence-electron chi connectivity index (χ3n) is 6.37. The van der Waals surface area contributed by atoms with Gasteiger partial charge in [0.2, 0.25) is 5.43 Å². The van der Waals surface area contributed by atoms with Crippen molar-refractivity contribution in [1.82, 2.24) is 9.88 Å². The summed E-state index contributed by atoms with van der Waals surface area (Å²) in [6, 6.07) is -0.606. The maximum absolute atomic E-state index is 13.0. The van der Waals surface area contributed by atoms with Gasteiger partial charge in [0.05, 0.1) is 33.3 Å². The maximum Gasteiger partial charge on any atom is 0.564 e. The predicted molar refractivity (Wildman–Crippen MR) is 133 cm³/mol. The summed E-state index contributed by atoms with van der Waals surface area (Å²) in [4.78, 5) is 66.0. The Labute approximate surface area is 215 Å². The average molecular weight is 578 g/mol. The summed E-state index contributed by atoms with van der Waals surface area (Å²) < 4.78 is 28.7. The lowest BCUT2D eigenvalue weighted by Crippen LogP contribution is -2.38. The van der Waals surface area contributed by atoms with E-state index < -0.39 is 50.3 Å². The first-order chi connectivity index (χ1) is 17.2. The molecule has 200 valence electrons. The number of amides is 1. The van der Waals surface area contributed by atoms with E-state index in [4.69, 9.17) is 32.0 Å². The SMILES string of the molecule is Cc1c(N2CCC(NC(=O)OC([P+](=O)O)P(=O)(O)O)C2)c(Cl)c2c(c1N)c(=O)c(C(=O)O)cn2C1CC1. The number of alkyl carbamates (subject to hydrolysis) is 1. The van der Waals surface area contributed by atoms with Crippen LogP contribution in [0.2, 0.25) is 5.02 Å². The average Bonchev–Trinajstić information content (AvgIpc) is 3.54. The van der Waals surface area contributed by atoms with E-state index in [1.54, 1.807) is 16.4 Å². The fraction of sp³-hybridized carbons (Fsp3) is 0.450. The number of carbonyl (C=O) groups excluding carboxylic acids is 1. The first-order valence-corrected chi connectivity index (χ1v) is 14.4. The number of hydrogen-bond donors (Lipinski definition) is 6. The number of nitrogens with two attached hydrogens (primary N) is 1. The molecule has 1 saturated heterocycles. The van der Waals surface area contributed by atoms with E-state index in [9.17, 15) is 28.6 Å². The Morgan fingerprint density at radius 1 is 1.32 bits per heavy atom. The van der Waals surface area contributed by atoms with Gasteiger partial charge in [-0.05, 0) is 36.3 Å². The summed E-state index contributed by atoms with van der Waals surface area (Å²) in [6.07, 6.45) is 1.93. The Balaban J connectivity index is 1.66. The molecule has 4 rings (SSSR count). The number of pyridine rings is 1. The van der Waals surface area contributed by atoms with Gasteiger partial charge in [-0.25, -0.2) is 9.59 Å². The third-order valence-corrected chi connectivity index (χ3v) is 9.38. The minimum absolute atomic E-state index is 0.0251. The standard InChI is InChI=1S/C20H23ClN4O10P2/c1-8-14(22)12-16(25(10-2-3-10)7-11(17(12)26)18(27)28)13(21)15(8)24-5-4-9(6-24)23-19(29)35-20(36(30)31)37(32,33)34/h7,9-10,20H,2-6H2,1H3,(H6-,22,23,26,27,28,29,30,31,32,33,34)/p+1. The van der Waals surface area contributed by atoms with Gasteiger partial charge in [-0.2, -0.15) is 4.89 Å². The van der Waals surface area contributed by atoms with Crippen LogP contribution < -0.4 is 21.4 Å². The molecule has 1 aliphatic carbocycles. The number of halogens is 1. The number of aromatic nitrogens is 1. The molecule has 1 saturated carbocycles. The highest BCUT2D eigenvalue weighted by molar-refractivity contribution is 7.65. The van der Waals surface area contributed by atoms with Gasteiger partial charge in [-0.15, -0.1) is 0 Å². The van der Waals surface area contributed by atoms with E-state index in [2.05, 4.69) is 10.1 Å². The van der Waals surface area contributed by atoms with Crippen LogP contribution in [0, 0.1) is 6.92 Å². The number of hydrogen-bond acceptors (Lipinski definition) is 8. The molecule has 1 amide bonds. The first-order valence-electron chi connectivity index (χ1n) is 11.0. The number of fused-ring (bicyclic) bond motifs is 1. The fourth-order valence-electron chi connectivity index (χ4n) is 4.49. The largest absolute Gasteiger partial charge is 0.564 e. The third kappa shape index (κ3) is 5.18. The Morgan fingerprint density at radius 2 is 1.97 bits per heavy atom. The van der Waals surface area contributed by atoms with Gasteiger partial charge in [0.25, 0.3) is 0 Å². The highest BCUT2D eigenvalue weighted by Crippen LogP contribution is 2.52. The molecule has 3 unspecified atom stereocenters. The number of carboxylic acids is 1. The molecule has 7 N–H and O–H groups in total. The quantitative estimate of drug-likeness (QED) is 0.206. The van der Waals surface area contributed by atoms with Crippen LogP contribution in [0.1, 0.15) is 41.2 Å². The second-order valence-corrected chi connectivity index (χ2v) is 12.4. The minimum atomic E-state index is -5.18. The molecule has 0 radical (unpaired) electrons. The molecule has 0 bridgehead atoms. The predicted octanol–water partition coefficient (Wildman–Crippen LogP) is 2.08. The van der Waals surface area contributed by atoms with E-state index in [1.165, 1.54) is 6.20 Å². The van der Waals surface area contributed by atoms with E-state index >= 15 is 0 Å². The molecule has 2 heterocycles. The molecular weight excluding hydrogens is 554 g/mol. The molecule has 2 aliphatic rings. The van der Waals surface area contributed by atoms with Gasteiger partial charge in [-0.3, -0.25) is 9.36 Å². The molecule has 1 aromatic carbocycles. The smallest absolute Gasteiger partial charge is 0.477 e. The summed E-state index contributed by atoms with van der Waals surface area (Å²) in [5.74, 6) is -1.37. The fourth-order valence-corrected chi connectivity index (χ4v) is 6.39. The Hall–Kier alpha value is -2.73. The number of benzene rings is 1. The number of anilines is 2. The zero-order valence-corrected chi connectivity index (χ0v) is 21.9. The lowest BCUT2D eigenvalue weighted by Gasteiger charge is -2.26. The van der Waals surface area contributed by atoms with Crippen molar-refractivity contribution < 1.29 is 43.2 Å². The molecule has 17 heteroatoms. The van der Waals surface area contributed by atoms with Crippen LogP contribution in [0.5, 0.6) is 0 Å². The second kappa shape index (κ2) is 9.86. The number of nitrogens with one attached hydrogen (secondary N) is 1. The van der Waals surface area contributed by atoms with E-state index in [0.29, 0.717) is 29.7 Å². The van der Waals surface area contributed by atoms with Crippen molar-refractivity contribution in [2.24, 2.45) is 0 Å². The van der Waals surface area contributed by atoms with E-state index in [-0.39, 0.29) is 28.7 Å². The molecule has 37 heavy (non-hydrogen) atoms. The highest BCUT2D eigenvalue weighted by atomic mass is 35.5. The lowest BCUT2D eigenvalue weighted by molar-refractivity contribution is 0.0694. The van der Waals surface area contributed by atoms with Gasteiger partial charge >= 0.3 is 33.3 Å². The van der Waals surface area contributed by atoms with Gasteiger partial charge in [0.15, 0.2) is 0 Å². The zero-order valence-electron chi connectivity index (χ0n) is 19.3. The number of carboxylic acid groups (broad SMARTS) is 1. The highest BCUT2D eigenvalue weighted by Gasteiger charge is 2.50. The molecule has 2 fully saturated rings. The van der Waals surface area contributed by atoms with Gasteiger partial charge < -0.3 is 40.1 Å².